The summed E-state index contributed by atoms with van der Waals surface area (Å²) in [7, 11) is -0.333. The molecule has 5 heteroatoms. The van der Waals surface area contributed by atoms with Crippen molar-refractivity contribution in [2.24, 2.45) is 0 Å². The topological polar surface area (TPSA) is 37.4 Å². The average molecular weight is 167 g/mol. The summed E-state index contributed by atoms with van der Waals surface area (Å²) in [5, 5.41) is 0. The molecule has 9 heavy (non-hydrogen) atoms. The maximum absolute atomic E-state index is 10.8. The summed E-state index contributed by atoms with van der Waals surface area (Å²) < 4.78 is 23.1. The molecule has 1 heterocycles. The second-order valence-corrected chi connectivity index (χ2v) is 5.27. The Morgan fingerprint density at radius 3 is 2.00 bits per heavy atom. The van der Waals surface area contributed by atoms with Gasteiger partial charge in [0.1, 0.15) is 22.0 Å². The van der Waals surface area contributed by atoms with Gasteiger partial charge in [-0.1, -0.05) is 0 Å². The van der Waals surface area contributed by atoms with Crippen molar-refractivity contribution in [3.8, 4) is 0 Å². The molecule has 0 spiro atoms. The van der Waals surface area contributed by atoms with Crippen LogP contribution >= 0.6 is 0 Å². The van der Waals surface area contributed by atoms with Gasteiger partial charge in [-0.3, -0.25) is 0 Å². The monoisotopic (exact) mass is 167 g/mol. The van der Waals surface area contributed by atoms with Crippen LogP contribution in [0.4, 0.5) is 0 Å². The molecule has 1 saturated heterocycles. The van der Waals surface area contributed by atoms with Crippen LogP contribution in [-0.4, -0.2) is 30.7 Å². The third-order valence-electron chi connectivity index (χ3n) is 1.21. The summed E-state index contributed by atoms with van der Waals surface area (Å²) in [4.78, 5) is 0. The Kier molecular flexibility index (Phi) is 2.37. The van der Waals surface area contributed by atoms with Gasteiger partial charge in [0.2, 0.25) is 0 Å². The molecule has 0 aromatic heterocycles. The van der Waals surface area contributed by atoms with E-state index in [2.05, 4.69) is 0 Å². The van der Waals surface area contributed by atoms with Crippen molar-refractivity contribution in [2.45, 2.75) is 6.42 Å². The molecule has 0 aliphatic carbocycles. The van der Waals surface area contributed by atoms with Crippen LogP contribution in [0.2, 0.25) is 0 Å². The zero-order valence-electron chi connectivity index (χ0n) is 5.20. The Morgan fingerprint density at radius 1 is 1.22 bits per heavy atom. The molecule has 0 aromatic rings. The van der Waals surface area contributed by atoms with E-state index >= 15 is 0 Å². The molecule has 1 rings (SSSR count). The van der Waals surface area contributed by atoms with Crippen LogP contribution in [0.15, 0.2) is 0 Å². The second kappa shape index (κ2) is 2.90. The van der Waals surface area contributed by atoms with E-state index in [-0.39, 0.29) is 0 Å². The van der Waals surface area contributed by atoms with Gasteiger partial charge in [-0.15, -0.1) is 3.71 Å². The standard InChI is InChI=1S/C4H9NO2S2/c1-5-8(6)3-2-4-9(5)7/h2-4H2,1H3. The number of nitrogens with zero attached hydrogens (tertiary/aromatic N) is 1. The van der Waals surface area contributed by atoms with Gasteiger partial charge < -0.3 is 0 Å². The Balaban J connectivity index is 2.62. The van der Waals surface area contributed by atoms with E-state index in [1.54, 1.807) is 7.05 Å². The minimum absolute atomic E-state index is 0.669. The van der Waals surface area contributed by atoms with Crippen LogP contribution < -0.4 is 0 Å². The Morgan fingerprint density at radius 2 is 1.67 bits per heavy atom. The highest BCUT2D eigenvalue weighted by Crippen LogP contribution is 2.06. The third kappa shape index (κ3) is 1.59. The van der Waals surface area contributed by atoms with E-state index < -0.39 is 22.0 Å². The first-order valence-corrected chi connectivity index (χ1v) is 5.27. The summed E-state index contributed by atoms with van der Waals surface area (Å²) in [6, 6.07) is 0. The molecule has 0 radical (unpaired) electrons. The molecule has 0 N–H and O–H groups in total. The zero-order valence-corrected chi connectivity index (χ0v) is 6.83. The van der Waals surface area contributed by atoms with Crippen molar-refractivity contribution in [1.82, 2.24) is 3.71 Å². The molecule has 3 nitrogen and oxygen atoms in total. The Hall–Kier alpha value is 0.260. The normalized spacial score (nSPS) is 38.8. The van der Waals surface area contributed by atoms with Gasteiger partial charge in [0.05, 0.1) is 0 Å². The fourth-order valence-corrected chi connectivity index (χ4v) is 3.32. The van der Waals surface area contributed by atoms with E-state index in [0.29, 0.717) is 11.5 Å². The predicted molar refractivity (Wildman–Crippen MR) is 38.4 cm³/mol. The smallest absolute Gasteiger partial charge is 0.106 e. The van der Waals surface area contributed by atoms with E-state index in [0.717, 1.165) is 6.42 Å². The summed E-state index contributed by atoms with van der Waals surface area (Å²) in [5.74, 6) is 1.34. The van der Waals surface area contributed by atoms with Crippen LogP contribution in [0.1, 0.15) is 6.42 Å². The van der Waals surface area contributed by atoms with Crippen LogP contribution in [0.5, 0.6) is 0 Å². The highest BCUT2D eigenvalue weighted by molar-refractivity contribution is 7.98. The molecular weight excluding hydrogens is 158 g/mol. The summed E-state index contributed by atoms with van der Waals surface area (Å²) in [5.41, 5.74) is 0. The molecule has 1 aliphatic heterocycles. The quantitative estimate of drug-likeness (QED) is 0.494. The van der Waals surface area contributed by atoms with Gasteiger partial charge >= 0.3 is 0 Å². The highest BCUT2D eigenvalue weighted by atomic mass is 32.3. The maximum Gasteiger partial charge on any atom is 0.106 e. The molecule has 0 aromatic carbocycles. The van der Waals surface area contributed by atoms with Gasteiger partial charge in [0.25, 0.3) is 0 Å². The highest BCUT2D eigenvalue weighted by Gasteiger charge is 2.19. The van der Waals surface area contributed by atoms with Gasteiger partial charge in [-0.2, -0.15) is 0 Å². The second-order valence-electron chi connectivity index (χ2n) is 1.84. The van der Waals surface area contributed by atoms with Crippen LogP contribution in [-0.2, 0) is 22.0 Å². The predicted octanol–water partition coefficient (Wildman–Crippen LogP) is -0.351. The SMILES string of the molecule is CN1S(=O)CCCS1=O. The lowest BCUT2D eigenvalue weighted by atomic mass is 10.6. The fraction of sp³-hybridized carbons (Fsp3) is 1.00. The maximum atomic E-state index is 10.8. The first-order chi connectivity index (χ1) is 4.22. The number of hydrogen-bond acceptors (Lipinski definition) is 2. The van der Waals surface area contributed by atoms with Gasteiger partial charge in [0, 0.05) is 18.6 Å². The van der Waals surface area contributed by atoms with E-state index in [4.69, 9.17) is 0 Å². The summed E-state index contributed by atoms with van der Waals surface area (Å²) in [6.45, 7) is 0. The van der Waals surface area contributed by atoms with E-state index in [1.807, 2.05) is 0 Å². The lowest BCUT2D eigenvalue weighted by Gasteiger charge is -2.18. The lowest BCUT2D eigenvalue weighted by Crippen LogP contribution is -2.32. The lowest BCUT2D eigenvalue weighted by molar-refractivity contribution is 0.620. The minimum atomic E-state index is -0.982. The molecule has 0 saturated carbocycles. The molecule has 1 fully saturated rings. The van der Waals surface area contributed by atoms with Gasteiger partial charge in [-0.25, -0.2) is 8.42 Å². The largest absolute Gasteiger partial charge is 0.242 e. The number of hydrogen-bond donors (Lipinski definition) is 0. The van der Waals surface area contributed by atoms with Crippen molar-refractivity contribution in [3.05, 3.63) is 0 Å². The first-order valence-electron chi connectivity index (χ1n) is 2.72. The van der Waals surface area contributed by atoms with Crippen molar-refractivity contribution in [1.29, 1.82) is 0 Å². The summed E-state index contributed by atoms with van der Waals surface area (Å²) >= 11 is 0. The van der Waals surface area contributed by atoms with Crippen molar-refractivity contribution in [3.63, 3.8) is 0 Å². The minimum Gasteiger partial charge on any atom is -0.242 e. The molecule has 2 unspecified atom stereocenters. The molecule has 0 bridgehead atoms. The van der Waals surface area contributed by atoms with Crippen LogP contribution in [0.3, 0.4) is 0 Å². The first kappa shape index (κ1) is 7.37. The van der Waals surface area contributed by atoms with Crippen molar-refractivity contribution < 1.29 is 8.42 Å². The third-order valence-corrected chi connectivity index (χ3v) is 4.63. The Bertz CT molecular complexity index is 143. The zero-order chi connectivity index (χ0) is 6.85. The van der Waals surface area contributed by atoms with Crippen LogP contribution in [0, 0.1) is 0 Å². The summed E-state index contributed by atoms with van der Waals surface area (Å²) in [6.07, 6.45) is 0.823. The molecule has 54 valence electrons. The van der Waals surface area contributed by atoms with Gasteiger partial charge in [0.15, 0.2) is 0 Å². The average Bonchev–Trinajstić information content (AvgIpc) is 1.83. The van der Waals surface area contributed by atoms with Gasteiger partial charge in [-0.05, 0) is 6.42 Å². The van der Waals surface area contributed by atoms with E-state index in [1.165, 1.54) is 3.71 Å². The molecule has 2 atom stereocenters. The Labute approximate surface area is 59.6 Å². The van der Waals surface area contributed by atoms with Crippen molar-refractivity contribution in [2.75, 3.05) is 18.6 Å². The molecular formula is C4H9NO2S2. The molecule has 1 aliphatic rings. The number of rotatable bonds is 0. The van der Waals surface area contributed by atoms with E-state index in [9.17, 15) is 8.42 Å². The fourth-order valence-electron chi connectivity index (χ4n) is 0.656. The molecule has 0 amide bonds. The van der Waals surface area contributed by atoms with Crippen LogP contribution in [0.25, 0.3) is 0 Å². The van der Waals surface area contributed by atoms with Crippen molar-refractivity contribution >= 4 is 22.0 Å².